The Hall–Kier alpha value is -2.81. The standard InChI is InChI=1S/C20H20N2O/c1-3-23-20-13-10-16-6-4-5-7-18(16)19(20)14-21-22-17-11-8-15(2)9-12-17/h4-14,22H,3H2,1-2H3/b21-14+. The molecule has 0 heterocycles. The van der Waals surface area contributed by atoms with Gasteiger partial charge in [0.15, 0.2) is 0 Å². The van der Waals surface area contributed by atoms with Gasteiger partial charge in [-0.2, -0.15) is 5.10 Å². The van der Waals surface area contributed by atoms with Crippen LogP contribution in [-0.4, -0.2) is 12.8 Å². The van der Waals surface area contributed by atoms with E-state index in [2.05, 4.69) is 47.8 Å². The van der Waals surface area contributed by atoms with Gasteiger partial charge in [-0.05, 0) is 42.8 Å². The predicted molar refractivity (Wildman–Crippen MR) is 97.5 cm³/mol. The molecule has 3 aromatic carbocycles. The molecule has 0 bridgehead atoms. The van der Waals surface area contributed by atoms with E-state index in [-0.39, 0.29) is 0 Å². The zero-order valence-electron chi connectivity index (χ0n) is 13.4. The Morgan fingerprint density at radius 3 is 2.57 bits per heavy atom. The van der Waals surface area contributed by atoms with Crippen molar-refractivity contribution in [3.63, 3.8) is 0 Å². The van der Waals surface area contributed by atoms with Crippen LogP contribution in [0.5, 0.6) is 5.75 Å². The van der Waals surface area contributed by atoms with Crippen LogP contribution >= 0.6 is 0 Å². The smallest absolute Gasteiger partial charge is 0.128 e. The molecule has 3 nitrogen and oxygen atoms in total. The van der Waals surface area contributed by atoms with Crippen molar-refractivity contribution in [2.75, 3.05) is 12.0 Å². The molecule has 3 rings (SSSR count). The van der Waals surface area contributed by atoms with Crippen LogP contribution in [0.25, 0.3) is 10.8 Å². The molecule has 0 aliphatic heterocycles. The van der Waals surface area contributed by atoms with Crippen LogP contribution in [0.15, 0.2) is 65.8 Å². The summed E-state index contributed by atoms with van der Waals surface area (Å²) in [6.07, 6.45) is 1.83. The number of nitrogens with one attached hydrogen (secondary N) is 1. The maximum Gasteiger partial charge on any atom is 0.128 e. The molecule has 116 valence electrons. The normalized spacial score (nSPS) is 11.0. The van der Waals surface area contributed by atoms with Crippen LogP contribution in [0.3, 0.4) is 0 Å². The highest BCUT2D eigenvalue weighted by Gasteiger charge is 2.06. The minimum Gasteiger partial charge on any atom is -0.493 e. The Kier molecular flexibility index (Phi) is 4.57. The molecule has 3 heteroatoms. The molecular formula is C20H20N2O. The van der Waals surface area contributed by atoms with Gasteiger partial charge in [0, 0.05) is 5.56 Å². The van der Waals surface area contributed by atoms with Gasteiger partial charge >= 0.3 is 0 Å². The van der Waals surface area contributed by atoms with Crippen molar-refractivity contribution in [3.8, 4) is 5.75 Å². The number of aryl methyl sites for hydroxylation is 1. The van der Waals surface area contributed by atoms with E-state index in [9.17, 15) is 0 Å². The summed E-state index contributed by atoms with van der Waals surface area (Å²) >= 11 is 0. The quantitative estimate of drug-likeness (QED) is 0.532. The molecule has 3 aromatic rings. The lowest BCUT2D eigenvalue weighted by molar-refractivity contribution is 0.340. The lowest BCUT2D eigenvalue weighted by Gasteiger charge is -2.10. The summed E-state index contributed by atoms with van der Waals surface area (Å²) in [5.41, 5.74) is 6.25. The number of hydrogen-bond donors (Lipinski definition) is 1. The second-order valence-electron chi connectivity index (χ2n) is 5.37. The molecule has 0 aliphatic carbocycles. The van der Waals surface area contributed by atoms with Crippen LogP contribution in [0.2, 0.25) is 0 Å². The van der Waals surface area contributed by atoms with Gasteiger partial charge in [-0.25, -0.2) is 0 Å². The zero-order valence-corrected chi connectivity index (χ0v) is 13.4. The molecule has 0 amide bonds. The topological polar surface area (TPSA) is 33.6 Å². The predicted octanol–water partition coefficient (Wildman–Crippen LogP) is 4.99. The SMILES string of the molecule is CCOc1ccc2ccccc2c1/C=N/Nc1ccc(C)cc1. The summed E-state index contributed by atoms with van der Waals surface area (Å²) in [6, 6.07) is 20.5. The van der Waals surface area contributed by atoms with Crippen LogP contribution in [0, 0.1) is 6.92 Å². The van der Waals surface area contributed by atoms with Crippen LogP contribution in [0.1, 0.15) is 18.1 Å². The maximum absolute atomic E-state index is 5.74. The average Bonchev–Trinajstić information content (AvgIpc) is 2.58. The van der Waals surface area contributed by atoms with E-state index < -0.39 is 0 Å². The number of hydrazone groups is 1. The van der Waals surface area contributed by atoms with Gasteiger partial charge in [0.2, 0.25) is 0 Å². The highest BCUT2D eigenvalue weighted by atomic mass is 16.5. The maximum atomic E-state index is 5.74. The van der Waals surface area contributed by atoms with Gasteiger partial charge in [-0.3, -0.25) is 5.43 Å². The van der Waals surface area contributed by atoms with E-state index in [0.717, 1.165) is 22.4 Å². The van der Waals surface area contributed by atoms with Gasteiger partial charge in [0.1, 0.15) is 5.75 Å². The van der Waals surface area contributed by atoms with Gasteiger partial charge in [0.05, 0.1) is 18.5 Å². The first-order valence-corrected chi connectivity index (χ1v) is 7.78. The number of hydrogen-bond acceptors (Lipinski definition) is 3. The Morgan fingerprint density at radius 2 is 1.78 bits per heavy atom. The number of fused-ring (bicyclic) bond motifs is 1. The van der Waals surface area contributed by atoms with E-state index in [1.165, 1.54) is 10.9 Å². The fraction of sp³-hybridized carbons (Fsp3) is 0.150. The number of anilines is 1. The molecular weight excluding hydrogens is 284 g/mol. The van der Waals surface area contributed by atoms with Crippen molar-refractivity contribution in [3.05, 3.63) is 71.8 Å². The van der Waals surface area contributed by atoms with E-state index in [4.69, 9.17) is 4.74 Å². The Morgan fingerprint density at radius 1 is 1.00 bits per heavy atom. The van der Waals surface area contributed by atoms with Crippen molar-refractivity contribution >= 4 is 22.7 Å². The third-order valence-electron chi connectivity index (χ3n) is 3.67. The molecule has 0 aromatic heterocycles. The first-order valence-electron chi connectivity index (χ1n) is 7.78. The largest absolute Gasteiger partial charge is 0.493 e. The van der Waals surface area contributed by atoms with Crippen molar-refractivity contribution in [2.45, 2.75) is 13.8 Å². The number of benzene rings is 3. The van der Waals surface area contributed by atoms with Gasteiger partial charge in [0.25, 0.3) is 0 Å². The summed E-state index contributed by atoms with van der Waals surface area (Å²) in [5.74, 6) is 0.848. The molecule has 0 fully saturated rings. The highest BCUT2D eigenvalue weighted by Crippen LogP contribution is 2.26. The minimum atomic E-state index is 0.630. The fourth-order valence-electron chi connectivity index (χ4n) is 2.49. The fourth-order valence-corrected chi connectivity index (χ4v) is 2.49. The van der Waals surface area contributed by atoms with Crippen molar-refractivity contribution in [1.82, 2.24) is 0 Å². The number of ether oxygens (including phenoxy) is 1. The number of nitrogens with zero attached hydrogens (tertiary/aromatic N) is 1. The third kappa shape index (κ3) is 3.51. The zero-order chi connectivity index (χ0) is 16.1. The van der Waals surface area contributed by atoms with Crippen LogP contribution in [-0.2, 0) is 0 Å². The molecule has 0 spiro atoms. The van der Waals surface area contributed by atoms with Crippen molar-refractivity contribution in [2.24, 2.45) is 5.10 Å². The van der Waals surface area contributed by atoms with Gasteiger partial charge in [-0.1, -0.05) is 48.0 Å². The summed E-state index contributed by atoms with van der Waals surface area (Å²) in [5, 5.41) is 6.69. The second kappa shape index (κ2) is 6.97. The lowest BCUT2D eigenvalue weighted by Crippen LogP contribution is -1.98. The summed E-state index contributed by atoms with van der Waals surface area (Å²) in [4.78, 5) is 0. The molecule has 0 saturated heterocycles. The van der Waals surface area contributed by atoms with Crippen molar-refractivity contribution in [1.29, 1.82) is 0 Å². The minimum absolute atomic E-state index is 0.630. The Balaban J connectivity index is 1.92. The molecule has 0 radical (unpaired) electrons. The first-order chi connectivity index (χ1) is 11.3. The summed E-state index contributed by atoms with van der Waals surface area (Å²) in [7, 11) is 0. The van der Waals surface area contributed by atoms with Crippen LogP contribution in [0.4, 0.5) is 5.69 Å². The Bertz CT molecular complexity index is 823. The molecule has 1 N–H and O–H groups in total. The van der Waals surface area contributed by atoms with Crippen LogP contribution < -0.4 is 10.2 Å². The molecule has 0 aliphatic rings. The monoisotopic (exact) mass is 304 g/mol. The summed E-state index contributed by atoms with van der Waals surface area (Å²) < 4.78 is 5.74. The van der Waals surface area contributed by atoms with E-state index in [1.807, 2.05) is 43.5 Å². The van der Waals surface area contributed by atoms with E-state index >= 15 is 0 Å². The third-order valence-corrected chi connectivity index (χ3v) is 3.67. The van der Waals surface area contributed by atoms with Gasteiger partial charge < -0.3 is 4.74 Å². The molecule has 0 atom stereocenters. The van der Waals surface area contributed by atoms with E-state index in [0.29, 0.717) is 6.61 Å². The first kappa shape index (κ1) is 15.1. The van der Waals surface area contributed by atoms with E-state index in [1.54, 1.807) is 0 Å². The lowest BCUT2D eigenvalue weighted by atomic mass is 10.0. The Labute approximate surface area is 136 Å². The second-order valence-corrected chi connectivity index (χ2v) is 5.37. The highest BCUT2D eigenvalue weighted by molar-refractivity contribution is 6.02. The van der Waals surface area contributed by atoms with Crippen molar-refractivity contribution < 1.29 is 4.74 Å². The molecule has 0 saturated carbocycles. The van der Waals surface area contributed by atoms with Gasteiger partial charge in [-0.15, -0.1) is 0 Å². The summed E-state index contributed by atoms with van der Waals surface area (Å²) in [6.45, 7) is 4.68. The molecule has 23 heavy (non-hydrogen) atoms. The molecule has 0 unspecified atom stereocenters. The average molecular weight is 304 g/mol. The number of rotatable bonds is 5.